The van der Waals surface area contributed by atoms with Crippen LogP contribution in [-0.4, -0.2) is 37.7 Å². The lowest BCUT2D eigenvalue weighted by molar-refractivity contribution is 0.0653. The maximum absolute atomic E-state index is 8.50. The molecular formula is C14H18N2O2. The molecule has 0 saturated heterocycles. The van der Waals surface area contributed by atoms with E-state index < -0.39 is 0 Å². The molecule has 4 nitrogen and oxygen atoms in total. The van der Waals surface area contributed by atoms with Gasteiger partial charge in [0, 0.05) is 13.0 Å². The Hall–Kier alpha value is -1.73. The first-order valence-corrected chi connectivity index (χ1v) is 6.23. The lowest BCUT2D eigenvalue weighted by Crippen LogP contribution is -2.39. The van der Waals surface area contributed by atoms with Gasteiger partial charge in [0.2, 0.25) is 0 Å². The molecular weight excluding hydrogens is 228 g/mol. The number of hydrogen-bond donors (Lipinski definition) is 0. The van der Waals surface area contributed by atoms with E-state index in [1.165, 1.54) is 0 Å². The molecule has 1 heterocycles. The molecule has 18 heavy (non-hydrogen) atoms. The molecule has 0 aliphatic carbocycles. The van der Waals surface area contributed by atoms with Crippen LogP contribution in [-0.2, 0) is 0 Å². The lowest BCUT2D eigenvalue weighted by atomic mass is 10.2. The van der Waals surface area contributed by atoms with Crippen molar-refractivity contribution in [2.75, 3.05) is 26.7 Å². The first-order valence-electron chi connectivity index (χ1n) is 6.23. The molecule has 2 rings (SSSR count). The van der Waals surface area contributed by atoms with Gasteiger partial charge in [0.25, 0.3) is 0 Å². The molecule has 1 aliphatic heterocycles. The predicted octanol–water partition coefficient (Wildman–Crippen LogP) is 2.06. The summed E-state index contributed by atoms with van der Waals surface area (Å²) in [6.45, 7) is 2.31. The van der Waals surface area contributed by atoms with Crippen molar-refractivity contribution >= 4 is 0 Å². The number of nitrogens with zero attached hydrogens (tertiary/aromatic N) is 2. The van der Waals surface area contributed by atoms with Crippen molar-refractivity contribution in [3.8, 4) is 17.6 Å². The molecule has 0 amide bonds. The molecule has 0 N–H and O–H groups in total. The van der Waals surface area contributed by atoms with Gasteiger partial charge in [-0.1, -0.05) is 12.1 Å². The second kappa shape index (κ2) is 6.27. The second-order valence-electron chi connectivity index (χ2n) is 4.52. The average molecular weight is 246 g/mol. The molecule has 0 spiro atoms. The summed E-state index contributed by atoms with van der Waals surface area (Å²) >= 11 is 0. The van der Waals surface area contributed by atoms with Crippen LogP contribution in [0, 0.1) is 11.3 Å². The molecule has 0 fully saturated rings. The SMILES string of the molecule is CN(CCCC#N)C[C@H]1COc2ccccc2O1. The summed E-state index contributed by atoms with van der Waals surface area (Å²) in [5.74, 6) is 1.64. The molecule has 1 aromatic rings. The fourth-order valence-corrected chi connectivity index (χ4v) is 2.02. The van der Waals surface area contributed by atoms with Crippen molar-refractivity contribution in [2.45, 2.75) is 18.9 Å². The van der Waals surface area contributed by atoms with Crippen LogP contribution in [0.5, 0.6) is 11.5 Å². The van der Waals surface area contributed by atoms with E-state index in [-0.39, 0.29) is 6.10 Å². The van der Waals surface area contributed by atoms with Crippen LogP contribution in [0.1, 0.15) is 12.8 Å². The predicted molar refractivity (Wildman–Crippen MR) is 68.7 cm³/mol. The molecule has 1 aliphatic rings. The fraction of sp³-hybridized carbons (Fsp3) is 0.500. The number of ether oxygens (including phenoxy) is 2. The zero-order valence-corrected chi connectivity index (χ0v) is 10.6. The summed E-state index contributed by atoms with van der Waals surface area (Å²) in [4.78, 5) is 2.18. The Morgan fingerprint density at radius 1 is 1.39 bits per heavy atom. The van der Waals surface area contributed by atoms with E-state index >= 15 is 0 Å². The van der Waals surface area contributed by atoms with E-state index in [2.05, 4.69) is 11.0 Å². The normalized spacial score (nSPS) is 17.5. The van der Waals surface area contributed by atoms with Gasteiger partial charge in [-0.2, -0.15) is 5.26 Å². The van der Waals surface area contributed by atoms with E-state index in [1.54, 1.807) is 0 Å². The van der Waals surface area contributed by atoms with Crippen molar-refractivity contribution in [2.24, 2.45) is 0 Å². The van der Waals surface area contributed by atoms with Crippen LogP contribution in [0.2, 0.25) is 0 Å². The highest BCUT2D eigenvalue weighted by atomic mass is 16.6. The molecule has 4 heteroatoms. The minimum atomic E-state index is 0.0620. The number of benzene rings is 1. The molecule has 0 unspecified atom stereocenters. The van der Waals surface area contributed by atoms with Gasteiger partial charge in [-0.15, -0.1) is 0 Å². The minimum Gasteiger partial charge on any atom is -0.486 e. The Morgan fingerprint density at radius 3 is 2.94 bits per heavy atom. The van der Waals surface area contributed by atoms with E-state index in [0.29, 0.717) is 13.0 Å². The zero-order chi connectivity index (χ0) is 12.8. The van der Waals surface area contributed by atoms with Gasteiger partial charge in [0.05, 0.1) is 6.07 Å². The number of hydrogen-bond acceptors (Lipinski definition) is 4. The molecule has 96 valence electrons. The van der Waals surface area contributed by atoms with Crippen LogP contribution < -0.4 is 9.47 Å². The van der Waals surface area contributed by atoms with Crippen LogP contribution in [0.4, 0.5) is 0 Å². The summed E-state index contributed by atoms with van der Waals surface area (Å²) in [6, 6.07) is 9.89. The van der Waals surface area contributed by atoms with Crippen LogP contribution >= 0.6 is 0 Å². The number of unbranched alkanes of at least 4 members (excludes halogenated alkanes) is 1. The van der Waals surface area contributed by atoms with Gasteiger partial charge in [0.1, 0.15) is 12.7 Å². The van der Waals surface area contributed by atoms with Crippen molar-refractivity contribution in [1.82, 2.24) is 4.90 Å². The quantitative estimate of drug-likeness (QED) is 0.746. The van der Waals surface area contributed by atoms with E-state index in [9.17, 15) is 0 Å². The smallest absolute Gasteiger partial charge is 0.161 e. The summed E-state index contributed by atoms with van der Waals surface area (Å²) in [6.07, 6.45) is 1.57. The first kappa shape index (κ1) is 12.7. The fourth-order valence-electron chi connectivity index (χ4n) is 2.02. The first-order chi connectivity index (χ1) is 8.79. The third kappa shape index (κ3) is 3.38. The van der Waals surface area contributed by atoms with Crippen molar-refractivity contribution in [1.29, 1.82) is 5.26 Å². The van der Waals surface area contributed by atoms with E-state index in [4.69, 9.17) is 14.7 Å². The second-order valence-corrected chi connectivity index (χ2v) is 4.52. The van der Waals surface area contributed by atoms with Crippen LogP contribution in [0.25, 0.3) is 0 Å². The Kier molecular flexibility index (Phi) is 4.43. The third-order valence-corrected chi connectivity index (χ3v) is 2.91. The highest BCUT2D eigenvalue weighted by Gasteiger charge is 2.21. The van der Waals surface area contributed by atoms with E-state index in [0.717, 1.165) is 31.0 Å². The average Bonchev–Trinajstić information content (AvgIpc) is 2.39. The molecule has 0 bridgehead atoms. The molecule has 1 aromatic carbocycles. The van der Waals surface area contributed by atoms with Gasteiger partial charge in [-0.3, -0.25) is 0 Å². The Labute approximate surface area is 108 Å². The topological polar surface area (TPSA) is 45.5 Å². The maximum atomic E-state index is 8.50. The lowest BCUT2D eigenvalue weighted by Gasteiger charge is -2.29. The summed E-state index contributed by atoms with van der Waals surface area (Å²) in [5.41, 5.74) is 0. The zero-order valence-electron chi connectivity index (χ0n) is 10.6. The number of rotatable bonds is 5. The molecule has 1 atom stereocenters. The maximum Gasteiger partial charge on any atom is 0.161 e. The molecule has 0 aromatic heterocycles. The van der Waals surface area contributed by atoms with Crippen molar-refractivity contribution in [3.63, 3.8) is 0 Å². The third-order valence-electron chi connectivity index (χ3n) is 2.91. The Morgan fingerprint density at radius 2 is 2.17 bits per heavy atom. The van der Waals surface area contributed by atoms with Crippen LogP contribution in [0.15, 0.2) is 24.3 Å². The molecule has 0 saturated carbocycles. The Bertz CT molecular complexity index is 428. The van der Waals surface area contributed by atoms with Gasteiger partial charge in [-0.05, 0) is 32.1 Å². The number of fused-ring (bicyclic) bond motifs is 1. The monoisotopic (exact) mass is 246 g/mol. The number of nitriles is 1. The summed E-state index contributed by atoms with van der Waals surface area (Å²) in [5, 5.41) is 8.50. The molecule has 0 radical (unpaired) electrons. The highest BCUT2D eigenvalue weighted by molar-refractivity contribution is 5.40. The van der Waals surface area contributed by atoms with Gasteiger partial charge in [-0.25, -0.2) is 0 Å². The summed E-state index contributed by atoms with van der Waals surface area (Å²) in [7, 11) is 2.04. The number of para-hydroxylation sites is 2. The van der Waals surface area contributed by atoms with E-state index in [1.807, 2.05) is 31.3 Å². The largest absolute Gasteiger partial charge is 0.486 e. The minimum absolute atomic E-state index is 0.0620. The van der Waals surface area contributed by atoms with Crippen molar-refractivity contribution < 1.29 is 9.47 Å². The summed E-state index contributed by atoms with van der Waals surface area (Å²) < 4.78 is 11.5. The number of likely N-dealkylation sites (N-methyl/N-ethyl adjacent to an activating group) is 1. The van der Waals surface area contributed by atoms with Crippen LogP contribution in [0.3, 0.4) is 0 Å². The van der Waals surface area contributed by atoms with Gasteiger partial charge >= 0.3 is 0 Å². The van der Waals surface area contributed by atoms with Crippen molar-refractivity contribution in [3.05, 3.63) is 24.3 Å². The van der Waals surface area contributed by atoms with Gasteiger partial charge in [0.15, 0.2) is 11.5 Å². The highest BCUT2D eigenvalue weighted by Crippen LogP contribution is 2.30. The standard InChI is InChI=1S/C14H18N2O2/c1-16(9-5-4-8-15)10-12-11-17-13-6-2-3-7-14(13)18-12/h2-3,6-7,12H,4-5,9-11H2,1H3/t12-/m0/s1. The Balaban J connectivity index is 1.81. The van der Waals surface area contributed by atoms with Gasteiger partial charge < -0.3 is 14.4 Å².